The summed E-state index contributed by atoms with van der Waals surface area (Å²) in [7, 11) is 5.70. The van der Waals surface area contributed by atoms with E-state index in [0.717, 1.165) is 24.5 Å². The number of carbonyl (C=O) groups excluding carboxylic acids is 1. The second-order valence-electron chi connectivity index (χ2n) is 6.45. The Balaban J connectivity index is 1.88. The maximum absolute atomic E-state index is 12.3. The van der Waals surface area contributed by atoms with Crippen molar-refractivity contribution in [1.29, 1.82) is 0 Å². The van der Waals surface area contributed by atoms with Gasteiger partial charge in [0, 0.05) is 32.2 Å². The van der Waals surface area contributed by atoms with Gasteiger partial charge in [-0.3, -0.25) is 4.79 Å². The fourth-order valence-corrected chi connectivity index (χ4v) is 4.25. The Morgan fingerprint density at radius 1 is 1.38 bits per heavy atom. The molecule has 2 aliphatic rings. The maximum atomic E-state index is 12.3. The topological polar surface area (TPSA) is 61.6 Å². The summed E-state index contributed by atoms with van der Waals surface area (Å²) in [5, 5.41) is 4.77. The fourth-order valence-electron chi connectivity index (χ4n) is 2.94. The summed E-state index contributed by atoms with van der Waals surface area (Å²) in [5.41, 5.74) is 8.20. The van der Waals surface area contributed by atoms with Crippen LogP contribution in [0.2, 0.25) is 0 Å². The Bertz CT molecular complexity index is 550. The van der Waals surface area contributed by atoms with E-state index < -0.39 is 0 Å². The van der Waals surface area contributed by atoms with Gasteiger partial charge in [0.15, 0.2) is 0 Å². The first-order valence-electron chi connectivity index (χ1n) is 7.56. The number of rotatable bonds is 4. The normalized spacial score (nSPS) is 22.5. The molecule has 1 amide bonds. The molecule has 1 unspecified atom stereocenters. The molecule has 1 aromatic heterocycles. The highest BCUT2D eigenvalue weighted by molar-refractivity contribution is 7.18. The van der Waals surface area contributed by atoms with Gasteiger partial charge in [-0.2, -0.15) is 0 Å². The first kappa shape index (κ1) is 14.7. The standard InChI is InChI=1S/C15H24N4OS/c1-18(2)15(20)13-12(16)11(9-4-5-9)14(21-13)17-10-6-7-19(3)8-10/h9-10,17H,4-8,16H2,1-3H3. The number of hydrogen-bond acceptors (Lipinski definition) is 5. The van der Waals surface area contributed by atoms with Gasteiger partial charge in [0.1, 0.15) is 4.88 Å². The van der Waals surface area contributed by atoms with Crippen molar-refractivity contribution in [2.24, 2.45) is 0 Å². The van der Waals surface area contributed by atoms with Crippen molar-refractivity contribution < 1.29 is 4.79 Å². The summed E-state index contributed by atoms with van der Waals surface area (Å²) < 4.78 is 0. The number of likely N-dealkylation sites (N-methyl/N-ethyl adjacent to an activating group) is 1. The Hall–Kier alpha value is -1.27. The minimum Gasteiger partial charge on any atom is -0.397 e. The molecule has 2 heterocycles. The monoisotopic (exact) mass is 308 g/mol. The lowest BCUT2D eigenvalue weighted by molar-refractivity contribution is 0.0833. The van der Waals surface area contributed by atoms with Gasteiger partial charge in [-0.05, 0) is 38.8 Å². The molecule has 116 valence electrons. The van der Waals surface area contributed by atoms with Crippen molar-refractivity contribution in [3.63, 3.8) is 0 Å². The van der Waals surface area contributed by atoms with E-state index in [-0.39, 0.29) is 5.91 Å². The predicted molar refractivity (Wildman–Crippen MR) is 88.2 cm³/mol. The van der Waals surface area contributed by atoms with Gasteiger partial charge >= 0.3 is 0 Å². The van der Waals surface area contributed by atoms with Gasteiger partial charge in [-0.1, -0.05) is 0 Å². The van der Waals surface area contributed by atoms with E-state index in [2.05, 4.69) is 17.3 Å². The predicted octanol–water partition coefficient (Wildman–Crippen LogP) is 2.03. The van der Waals surface area contributed by atoms with Crippen LogP contribution >= 0.6 is 11.3 Å². The average molecular weight is 308 g/mol. The summed E-state index contributed by atoms with van der Waals surface area (Å²) in [5.74, 6) is 0.558. The average Bonchev–Trinajstić information content (AvgIpc) is 3.10. The Labute approximate surface area is 130 Å². The zero-order chi connectivity index (χ0) is 15.1. The van der Waals surface area contributed by atoms with E-state index in [9.17, 15) is 4.79 Å². The molecule has 0 aromatic carbocycles. The highest BCUT2D eigenvalue weighted by Gasteiger charge is 2.34. The summed E-state index contributed by atoms with van der Waals surface area (Å²) in [4.78, 5) is 16.9. The molecule has 1 saturated heterocycles. The second kappa shape index (κ2) is 5.50. The molecule has 0 radical (unpaired) electrons. The van der Waals surface area contributed by atoms with Gasteiger partial charge in [-0.25, -0.2) is 0 Å². The first-order chi connectivity index (χ1) is 9.97. The van der Waals surface area contributed by atoms with Gasteiger partial charge in [0.2, 0.25) is 0 Å². The zero-order valence-electron chi connectivity index (χ0n) is 13.0. The lowest BCUT2D eigenvalue weighted by Gasteiger charge is -2.14. The van der Waals surface area contributed by atoms with Crippen LogP contribution < -0.4 is 11.1 Å². The number of nitrogens with one attached hydrogen (secondary N) is 1. The molecule has 1 aliphatic carbocycles. The molecule has 3 rings (SSSR count). The summed E-state index contributed by atoms with van der Waals surface area (Å²) in [6.45, 7) is 2.18. The number of likely N-dealkylation sites (tertiary alicyclic amines) is 1. The smallest absolute Gasteiger partial charge is 0.265 e. The zero-order valence-corrected chi connectivity index (χ0v) is 13.8. The minimum atomic E-state index is 0.0102. The van der Waals surface area contributed by atoms with E-state index >= 15 is 0 Å². The van der Waals surface area contributed by atoms with Crippen molar-refractivity contribution in [3.8, 4) is 0 Å². The van der Waals surface area contributed by atoms with E-state index in [1.54, 1.807) is 19.0 Å². The molecule has 1 aliphatic heterocycles. The number of carbonyl (C=O) groups is 1. The van der Waals surface area contributed by atoms with Crippen molar-refractivity contribution in [3.05, 3.63) is 10.4 Å². The van der Waals surface area contributed by atoms with Crippen LogP contribution in [0.4, 0.5) is 10.7 Å². The molecule has 2 fully saturated rings. The molecule has 0 bridgehead atoms. The number of nitrogens with zero attached hydrogens (tertiary/aromatic N) is 2. The van der Waals surface area contributed by atoms with Crippen LogP contribution in [-0.4, -0.2) is 56.0 Å². The van der Waals surface area contributed by atoms with Gasteiger partial charge in [0.05, 0.1) is 10.7 Å². The van der Waals surface area contributed by atoms with Gasteiger partial charge < -0.3 is 20.9 Å². The number of nitrogen functional groups attached to an aromatic ring is 1. The minimum absolute atomic E-state index is 0.0102. The van der Waals surface area contributed by atoms with E-state index in [1.807, 2.05) is 0 Å². The van der Waals surface area contributed by atoms with E-state index in [0.29, 0.717) is 22.5 Å². The first-order valence-corrected chi connectivity index (χ1v) is 8.38. The third-order valence-corrected chi connectivity index (χ3v) is 5.44. The van der Waals surface area contributed by atoms with Crippen LogP contribution in [0.1, 0.15) is 40.4 Å². The van der Waals surface area contributed by atoms with Gasteiger partial charge in [0.25, 0.3) is 5.91 Å². The van der Waals surface area contributed by atoms with E-state index in [1.165, 1.54) is 29.7 Å². The highest BCUT2D eigenvalue weighted by atomic mass is 32.1. The third-order valence-electron chi connectivity index (χ3n) is 4.30. The van der Waals surface area contributed by atoms with Crippen molar-refractivity contribution in [2.75, 3.05) is 45.3 Å². The maximum Gasteiger partial charge on any atom is 0.265 e. The molecule has 1 aromatic rings. The van der Waals surface area contributed by atoms with Gasteiger partial charge in [-0.15, -0.1) is 11.3 Å². The lowest BCUT2D eigenvalue weighted by Crippen LogP contribution is -2.23. The Morgan fingerprint density at radius 2 is 2.10 bits per heavy atom. The van der Waals surface area contributed by atoms with Crippen LogP contribution in [0.3, 0.4) is 0 Å². The highest BCUT2D eigenvalue weighted by Crippen LogP contribution is 2.51. The largest absolute Gasteiger partial charge is 0.397 e. The van der Waals surface area contributed by atoms with Crippen LogP contribution in [0, 0.1) is 0 Å². The molecule has 0 spiro atoms. The van der Waals surface area contributed by atoms with E-state index in [4.69, 9.17) is 5.73 Å². The number of anilines is 2. The molecule has 6 heteroatoms. The lowest BCUT2D eigenvalue weighted by atomic mass is 10.1. The molecular formula is C15H24N4OS. The molecule has 5 nitrogen and oxygen atoms in total. The summed E-state index contributed by atoms with van der Waals surface area (Å²) >= 11 is 1.53. The number of hydrogen-bond donors (Lipinski definition) is 2. The molecule has 3 N–H and O–H groups in total. The SMILES string of the molecule is CN1CCC(Nc2sc(C(=O)N(C)C)c(N)c2C2CC2)C1. The summed E-state index contributed by atoms with van der Waals surface area (Å²) in [6.07, 6.45) is 3.53. The Kier molecular flexibility index (Phi) is 3.84. The van der Waals surface area contributed by atoms with Crippen molar-refractivity contribution in [2.45, 2.75) is 31.2 Å². The van der Waals surface area contributed by atoms with Crippen LogP contribution in [-0.2, 0) is 0 Å². The number of nitrogens with two attached hydrogens (primary N) is 1. The van der Waals surface area contributed by atoms with Crippen LogP contribution in [0.25, 0.3) is 0 Å². The van der Waals surface area contributed by atoms with Crippen molar-refractivity contribution >= 4 is 27.9 Å². The number of amides is 1. The third kappa shape index (κ3) is 2.87. The molecular weight excluding hydrogens is 284 g/mol. The Morgan fingerprint density at radius 3 is 2.62 bits per heavy atom. The van der Waals surface area contributed by atoms with Crippen LogP contribution in [0.15, 0.2) is 0 Å². The quantitative estimate of drug-likeness (QED) is 0.893. The molecule has 1 saturated carbocycles. The number of thiophene rings is 1. The summed E-state index contributed by atoms with van der Waals surface area (Å²) in [6, 6.07) is 0.466. The molecule has 1 atom stereocenters. The van der Waals surface area contributed by atoms with Crippen molar-refractivity contribution in [1.82, 2.24) is 9.80 Å². The second-order valence-corrected chi connectivity index (χ2v) is 7.47. The fraction of sp³-hybridized carbons (Fsp3) is 0.667. The van der Waals surface area contributed by atoms with Crippen LogP contribution in [0.5, 0.6) is 0 Å². The molecule has 21 heavy (non-hydrogen) atoms.